The van der Waals surface area contributed by atoms with Gasteiger partial charge in [0.05, 0.1) is 0 Å². The zero-order valence-electron chi connectivity index (χ0n) is 13.1. The number of amides is 1. The largest absolute Gasteiger partial charge is 0.381 e. The van der Waals surface area contributed by atoms with Crippen molar-refractivity contribution in [3.63, 3.8) is 0 Å². The Morgan fingerprint density at radius 1 is 1.18 bits per heavy atom. The second-order valence-electron chi connectivity index (χ2n) is 6.13. The quantitative estimate of drug-likeness (QED) is 0.806. The van der Waals surface area contributed by atoms with Crippen LogP contribution in [0, 0.1) is 12.8 Å². The molecule has 0 N–H and O–H groups in total. The summed E-state index contributed by atoms with van der Waals surface area (Å²) in [7, 11) is 0. The highest BCUT2D eigenvalue weighted by molar-refractivity contribution is 9.10. The molecule has 1 aromatic rings. The van der Waals surface area contributed by atoms with Crippen molar-refractivity contribution in [2.45, 2.75) is 19.8 Å². The van der Waals surface area contributed by atoms with Gasteiger partial charge in [-0.1, -0.05) is 15.9 Å². The molecule has 0 saturated carbocycles. The zero-order chi connectivity index (χ0) is 15.5. The van der Waals surface area contributed by atoms with E-state index in [4.69, 9.17) is 4.74 Å². The first kappa shape index (κ1) is 15.8. The monoisotopic (exact) mass is 366 g/mol. The number of ether oxygens (including phenoxy) is 1. The molecule has 1 aromatic carbocycles. The van der Waals surface area contributed by atoms with Gasteiger partial charge in [-0.15, -0.1) is 0 Å². The fourth-order valence-corrected chi connectivity index (χ4v) is 3.82. The highest BCUT2D eigenvalue weighted by Gasteiger charge is 2.29. The number of anilines is 1. The average Bonchev–Trinajstić information content (AvgIpc) is 2.55. The normalized spacial score (nSPS) is 20.3. The number of rotatable bonds is 2. The van der Waals surface area contributed by atoms with Gasteiger partial charge < -0.3 is 14.5 Å². The van der Waals surface area contributed by atoms with Gasteiger partial charge in [-0.2, -0.15) is 0 Å². The molecular weight excluding hydrogens is 344 g/mol. The molecular formula is C17H23BrN2O2. The molecule has 3 rings (SSSR count). The summed E-state index contributed by atoms with van der Waals surface area (Å²) in [4.78, 5) is 17.0. The summed E-state index contributed by atoms with van der Waals surface area (Å²) in [5, 5.41) is 0. The summed E-state index contributed by atoms with van der Waals surface area (Å²) in [6.07, 6.45) is 1.76. The first-order chi connectivity index (χ1) is 10.6. The van der Waals surface area contributed by atoms with Crippen molar-refractivity contribution in [1.29, 1.82) is 0 Å². The SMILES string of the molecule is Cc1cc(Br)ccc1N1CCN(C(=O)C2CCOCC2)CC1. The number of aryl methyl sites for hydroxylation is 1. The summed E-state index contributed by atoms with van der Waals surface area (Å²) in [6, 6.07) is 6.39. The maximum atomic E-state index is 12.6. The second kappa shape index (κ2) is 7.01. The first-order valence-corrected chi connectivity index (χ1v) is 8.82. The Balaban J connectivity index is 1.59. The summed E-state index contributed by atoms with van der Waals surface area (Å²) >= 11 is 3.51. The van der Waals surface area contributed by atoms with Crippen LogP contribution in [0.2, 0.25) is 0 Å². The third kappa shape index (κ3) is 3.46. The highest BCUT2D eigenvalue weighted by atomic mass is 79.9. The predicted molar refractivity (Wildman–Crippen MR) is 91.2 cm³/mol. The van der Waals surface area contributed by atoms with E-state index in [0.29, 0.717) is 5.91 Å². The van der Waals surface area contributed by atoms with Gasteiger partial charge in [0, 0.05) is 55.5 Å². The smallest absolute Gasteiger partial charge is 0.225 e. The van der Waals surface area contributed by atoms with E-state index < -0.39 is 0 Å². The molecule has 2 aliphatic rings. The van der Waals surface area contributed by atoms with Crippen molar-refractivity contribution in [1.82, 2.24) is 4.90 Å². The van der Waals surface area contributed by atoms with Gasteiger partial charge in [0.15, 0.2) is 0 Å². The lowest BCUT2D eigenvalue weighted by Crippen LogP contribution is -2.51. The molecule has 120 valence electrons. The molecule has 1 amide bonds. The minimum absolute atomic E-state index is 0.176. The van der Waals surface area contributed by atoms with E-state index in [1.54, 1.807) is 0 Å². The van der Waals surface area contributed by atoms with E-state index in [0.717, 1.165) is 56.7 Å². The molecule has 0 atom stereocenters. The third-order valence-electron chi connectivity index (χ3n) is 4.66. The van der Waals surface area contributed by atoms with Crippen molar-refractivity contribution < 1.29 is 9.53 Å². The molecule has 2 aliphatic heterocycles. The minimum Gasteiger partial charge on any atom is -0.381 e. The molecule has 5 heteroatoms. The summed E-state index contributed by atoms with van der Waals surface area (Å²) in [5.41, 5.74) is 2.56. The van der Waals surface area contributed by atoms with E-state index in [9.17, 15) is 4.79 Å². The van der Waals surface area contributed by atoms with Gasteiger partial charge in [0.1, 0.15) is 0 Å². The number of carbonyl (C=O) groups excluding carboxylic acids is 1. The van der Waals surface area contributed by atoms with Crippen molar-refractivity contribution in [2.75, 3.05) is 44.3 Å². The van der Waals surface area contributed by atoms with Gasteiger partial charge in [0.25, 0.3) is 0 Å². The van der Waals surface area contributed by atoms with Gasteiger partial charge in [-0.25, -0.2) is 0 Å². The molecule has 0 aromatic heterocycles. The van der Waals surface area contributed by atoms with Gasteiger partial charge in [-0.3, -0.25) is 4.79 Å². The van der Waals surface area contributed by atoms with Crippen LogP contribution in [0.4, 0.5) is 5.69 Å². The standard InChI is InChI=1S/C17H23BrN2O2/c1-13-12-15(18)2-3-16(13)19-6-8-20(9-7-19)17(21)14-4-10-22-11-5-14/h2-3,12,14H,4-11H2,1H3. The van der Waals surface area contributed by atoms with Crippen LogP contribution in [0.5, 0.6) is 0 Å². The van der Waals surface area contributed by atoms with E-state index >= 15 is 0 Å². The number of hydrogen-bond acceptors (Lipinski definition) is 3. The molecule has 0 unspecified atom stereocenters. The number of benzene rings is 1. The van der Waals surface area contributed by atoms with E-state index in [1.165, 1.54) is 11.3 Å². The van der Waals surface area contributed by atoms with Crippen LogP contribution in [0.15, 0.2) is 22.7 Å². The molecule has 0 spiro atoms. The average molecular weight is 367 g/mol. The van der Waals surface area contributed by atoms with Crippen LogP contribution in [0.3, 0.4) is 0 Å². The van der Waals surface area contributed by atoms with Gasteiger partial charge in [-0.05, 0) is 43.5 Å². The molecule has 2 heterocycles. The Kier molecular flexibility index (Phi) is 5.03. The van der Waals surface area contributed by atoms with Crippen molar-refractivity contribution >= 4 is 27.5 Å². The molecule has 0 radical (unpaired) electrons. The van der Waals surface area contributed by atoms with E-state index in [2.05, 4.69) is 46.0 Å². The Labute approximate surface area is 140 Å². The van der Waals surface area contributed by atoms with E-state index in [-0.39, 0.29) is 5.92 Å². The number of nitrogens with zero attached hydrogens (tertiary/aromatic N) is 2. The second-order valence-corrected chi connectivity index (χ2v) is 7.05. The molecule has 2 saturated heterocycles. The molecule has 0 bridgehead atoms. The molecule has 0 aliphatic carbocycles. The summed E-state index contributed by atoms with van der Waals surface area (Å²) < 4.78 is 6.47. The van der Waals surface area contributed by atoms with Crippen LogP contribution in [-0.4, -0.2) is 50.2 Å². The van der Waals surface area contributed by atoms with Gasteiger partial charge >= 0.3 is 0 Å². The van der Waals surface area contributed by atoms with Crippen LogP contribution in [0.1, 0.15) is 18.4 Å². The lowest BCUT2D eigenvalue weighted by molar-refractivity contribution is -0.138. The van der Waals surface area contributed by atoms with Crippen LogP contribution >= 0.6 is 15.9 Å². The minimum atomic E-state index is 0.176. The van der Waals surface area contributed by atoms with E-state index in [1.807, 2.05) is 4.90 Å². The number of carbonyl (C=O) groups is 1. The summed E-state index contributed by atoms with van der Waals surface area (Å²) in [5.74, 6) is 0.505. The Morgan fingerprint density at radius 3 is 2.50 bits per heavy atom. The number of halogens is 1. The van der Waals surface area contributed by atoms with Crippen LogP contribution < -0.4 is 4.90 Å². The Morgan fingerprint density at radius 2 is 1.86 bits per heavy atom. The van der Waals surface area contributed by atoms with Crippen molar-refractivity contribution in [3.8, 4) is 0 Å². The molecule has 2 fully saturated rings. The topological polar surface area (TPSA) is 32.8 Å². The fraction of sp³-hybridized carbons (Fsp3) is 0.588. The molecule has 4 nitrogen and oxygen atoms in total. The Hall–Kier alpha value is -1.07. The molecule has 22 heavy (non-hydrogen) atoms. The zero-order valence-corrected chi connectivity index (χ0v) is 14.6. The fourth-order valence-electron chi connectivity index (χ4n) is 3.34. The highest BCUT2D eigenvalue weighted by Crippen LogP contribution is 2.25. The summed E-state index contributed by atoms with van der Waals surface area (Å²) in [6.45, 7) is 7.08. The van der Waals surface area contributed by atoms with Crippen molar-refractivity contribution in [2.24, 2.45) is 5.92 Å². The van der Waals surface area contributed by atoms with Crippen LogP contribution in [-0.2, 0) is 9.53 Å². The number of piperazine rings is 1. The lowest BCUT2D eigenvalue weighted by Gasteiger charge is -2.38. The van der Waals surface area contributed by atoms with Crippen molar-refractivity contribution in [3.05, 3.63) is 28.2 Å². The third-order valence-corrected chi connectivity index (χ3v) is 5.15. The maximum absolute atomic E-state index is 12.6. The van der Waals surface area contributed by atoms with Crippen LogP contribution in [0.25, 0.3) is 0 Å². The predicted octanol–water partition coefficient (Wildman–Crippen LogP) is 2.83. The number of hydrogen-bond donors (Lipinski definition) is 0. The Bertz CT molecular complexity index is 535. The maximum Gasteiger partial charge on any atom is 0.225 e. The lowest BCUT2D eigenvalue weighted by atomic mass is 9.98. The van der Waals surface area contributed by atoms with Gasteiger partial charge in [0.2, 0.25) is 5.91 Å². The first-order valence-electron chi connectivity index (χ1n) is 8.03.